The van der Waals surface area contributed by atoms with Crippen LogP contribution in [0.2, 0.25) is 0 Å². The molecule has 7 nitrogen and oxygen atoms in total. The zero-order chi connectivity index (χ0) is 23.3. The lowest BCUT2D eigenvalue weighted by Crippen LogP contribution is -2.43. The van der Waals surface area contributed by atoms with Crippen LogP contribution in [0.5, 0.6) is 5.75 Å². The number of benzene rings is 2. The van der Waals surface area contributed by atoms with Crippen molar-refractivity contribution in [3.8, 4) is 5.75 Å². The largest absolute Gasteiger partial charge is 0.445 e. The summed E-state index contributed by atoms with van der Waals surface area (Å²) in [4.78, 5) is 37.1. The van der Waals surface area contributed by atoms with Gasteiger partial charge in [0.2, 0.25) is 0 Å². The van der Waals surface area contributed by atoms with Crippen molar-refractivity contribution in [3.63, 3.8) is 0 Å². The zero-order valence-corrected chi connectivity index (χ0v) is 18.7. The van der Waals surface area contributed by atoms with Gasteiger partial charge in [-0.3, -0.25) is 0 Å². The van der Waals surface area contributed by atoms with Gasteiger partial charge in [-0.1, -0.05) is 43.7 Å². The van der Waals surface area contributed by atoms with Crippen molar-refractivity contribution in [2.75, 3.05) is 0 Å². The van der Waals surface area contributed by atoms with Crippen LogP contribution in [0.1, 0.15) is 42.0 Å². The first kappa shape index (κ1) is 23.1. The predicted octanol–water partition coefficient (Wildman–Crippen LogP) is 4.72. The molecular formula is C25H27NO6. The minimum Gasteiger partial charge on any atom is -0.445 e. The Hall–Kier alpha value is -3.61. The van der Waals surface area contributed by atoms with Gasteiger partial charge in [0.15, 0.2) is 0 Å². The van der Waals surface area contributed by atoms with Crippen molar-refractivity contribution in [1.82, 2.24) is 5.32 Å². The Balaban J connectivity index is 1.73. The quantitative estimate of drug-likeness (QED) is 0.327. The van der Waals surface area contributed by atoms with Crippen LogP contribution in [0, 0.1) is 20.8 Å². The van der Waals surface area contributed by atoms with Crippen LogP contribution in [0.4, 0.5) is 4.79 Å². The minimum atomic E-state index is -0.870. The van der Waals surface area contributed by atoms with Crippen LogP contribution >= 0.6 is 0 Å². The molecule has 0 fully saturated rings. The second kappa shape index (κ2) is 10.1. The Bertz CT molecular complexity index is 1180. The molecule has 0 saturated carbocycles. The Labute approximate surface area is 186 Å². The van der Waals surface area contributed by atoms with E-state index in [1.165, 1.54) is 0 Å². The summed E-state index contributed by atoms with van der Waals surface area (Å²) in [7, 11) is 0. The van der Waals surface area contributed by atoms with Gasteiger partial charge in [-0.05, 0) is 50.5 Å². The maximum absolute atomic E-state index is 12.8. The van der Waals surface area contributed by atoms with Gasteiger partial charge in [0, 0.05) is 16.5 Å². The third kappa shape index (κ3) is 5.17. The number of carbonyl (C=O) groups is 2. The molecule has 32 heavy (non-hydrogen) atoms. The molecule has 1 amide bonds. The first-order chi connectivity index (χ1) is 15.3. The zero-order valence-electron chi connectivity index (χ0n) is 18.7. The van der Waals surface area contributed by atoms with Crippen LogP contribution in [0.15, 0.2) is 51.7 Å². The number of hydrogen-bond acceptors (Lipinski definition) is 6. The lowest BCUT2D eigenvalue weighted by molar-refractivity contribution is -0.136. The molecule has 0 radical (unpaired) electrons. The normalized spacial score (nSPS) is 11.8. The van der Waals surface area contributed by atoms with Crippen LogP contribution < -0.4 is 15.7 Å². The van der Waals surface area contributed by atoms with Gasteiger partial charge in [0.05, 0.1) is 0 Å². The number of fused-ring (bicyclic) bond motifs is 1. The second-order valence-electron chi connectivity index (χ2n) is 7.67. The average Bonchev–Trinajstić information content (AvgIpc) is 2.79. The molecule has 1 unspecified atom stereocenters. The fraction of sp³-hybridized carbons (Fsp3) is 0.320. The lowest BCUT2D eigenvalue weighted by Gasteiger charge is -2.18. The van der Waals surface area contributed by atoms with E-state index in [9.17, 15) is 14.4 Å². The number of amides is 1. The number of esters is 1. The Morgan fingerprint density at radius 1 is 1.00 bits per heavy atom. The number of ether oxygens (including phenoxy) is 2. The number of rotatable bonds is 7. The highest BCUT2D eigenvalue weighted by molar-refractivity contribution is 5.88. The minimum absolute atomic E-state index is 0.0994. The number of carbonyl (C=O) groups excluding carboxylic acids is 2. The van der Waals surface area contributed by atoms with Crippen molar-refractivity contribution in [3.05, 3.63) is 75.1 Å². The van der Waals surface area contributed by atoms with E-state index in [-0.39, 0.29) is 12.4 Å². The third-order valence-electron chi connectivity index (χ3n) is 5.40. The van der Waals surface area contributed by atoms with Gasteiger partial charge in [-0.2, -0.15) is 0 Å². The third-order valence-corrected chi connectivity index (χ3v) is 5.40. The van der Waals surface area contributed by atoms with Crippen molar-refractivity contribution in [1.29, 1.82) is 0 Å². The second-order valence-corrected chi connectivity index (χ2v) is 7.67. The van der Waals surface area contributed by atoms with E-state index in [1.54, 1.807) is 26.0 Å². The molecular weight excluding hydrogens is 410 g/mol. The van der Waals surface area contributed by atoms with E-state index in [4.69, 9.17) is 13.9 Å². The maximum atomic E-state index is 12.8. The maximum Gasteiger partial charge on any atom is 0.408 e. The summed E-state index contributed by atoms with van der Waals surface area (Å²) >= 11 is 0. The summed E-state index contributed by atoms with van der Waals surface area (Å²) in [5, 5.41) is 3.37. The molecule has 0 bridgehead atoms. The van der Waals surface area contributed by atoms with Crippen molar-refractivity contribution in [2.45, 2.75) is 53.2 Å². The molecule has 1 atom stereocenters. The van der Waals surface area contributed by atoms with E-state index in [2.05, 4.69) is 5.32 Å². The molecule has 0 aliphatic carbocycles. The molecule has 1 N–H and O–H groups in total. The first-order valence-electron chi connectivity index (χ1n) is 10.5. The van der Waals surface area contributed by atoms with Gasteiger partial charge < -0.3 is 19.2 Å². The number of nitrogens with one attached hydrogen (secondary N) is 1. The van der Waals surface area contributed by atoms with Gasteiger partial charge >= 0.3 is 17.7 Å². The SMILES string of the molecule is CCCC(NC(=O)OCc1ccccc1)C(=O)Oc1ccc2c(C)c(C)c(=O)oc2c1C. The van der Waals surface area contributed by atoms with Crippen LogP contribution in [0.25, 0.3) is 11.0 Å². The van der Waals surface area contributed by atoms with Crippen molar-refractivity contribution >= 4 is 23.0 Å². The molecule has 0 saturated heterocycles. The fourth-order valence-electron chi connectivity index (χ4n) is 3.36. The van der Waals surface area contributed by atoms with Gasteiger partial charge in [-0.25, -0.2) is 14.4 Å². The highest BCUT2D eigenvalue weighted by Crippen LogP contribution is 2.29. The lowest BCUT2D eigenvalue weighted by atomic mass is 10.0. The molecule has 7 heteroatoms. The summed E-state index contributed by atoms with van der Waals surface area (Å²) in [6.45, 7) is 7.28. The monoisotopic (exact) mass is 437 g/mol. The van der Waals surface area contributed by atoms with Gasteiger partial charge in [0.25, 0.3) is 0 Å². The highest BCUT2D eigenvalue weighted by atomic mass is 16.6. The standard InChI is InChI=1S/C25H27NO6/c1-5-9-20(26-25(29)30-14-18-10-7-6-8-11-18)24(28)31-21-13-12-19-15(2)16(3)23(27)32-22(19)17(21)4/h6-8,10-13,20H,5,9,14H2,1-4H3,(H,26,29). The predicted molar refractivity (Wildman–Crippen MR) is 121 cm³/mol. The summed E-state index contributed by atoms with van der Waals surface area (Å²) in [5.74, 6) is -0.341. The summed E-state index contributed by atoms with van der Waals surface area (Å²) < 4.78 is 16.2. The molecule has 0 aliphatic heterocycles. The van der Waals surface area contributed by atoms with Crippen molar-refractivity contribution < 1.29 is 23.5 Å². The van der Waals surface area contributed by atoms with E-state index < -0.39 is 23.7 Å². The molecule has 3 aromatic rings. The Morgan fingerprint density at radius 2 is 1.72 bits per heavy atom. The molecule has 0 spiro atoms. The van der Waals surface area contributed by atoms with E-state index in [0.717, 1.165) is 16.5 Å². The summed E-state index contributed by atoms with van der Waals surface area (Å²) in [6.07, 6.45) is 0.346. The molecule has 168 valence electrons. The molecule has 1 heterocycles. The van der Waals surface area contributed by atoms with Gasteiger partial charge in [0.1, 0.15) is 24.0 Å². The van der Waals surface area contributed by atoms with E-state index in [1.807, 2.05) is 44.2 Å². The first-order valence-corrected chi connectivity index (χ1v) is 10.5. The Morgan fingerprint density at radius 3 is 2.41 bits per heavy atom. The highest BCUT2D eigenvalue weighted by Gasteiger charge is 2.24. The van der Waals surface area contributed by atoms with Crippen LogP contribution in [0.3, 0.4) is 0 Å². The number of aryl methyl sites for hydroxylation is 2. The van der Waals surface area contributed by atoms with Gasteiger partial charge in [-0.15, -0.1) is 0 Å². The Kier molecular flexibility index (Phi) is 7.30. The molecule has 0 aliphatic rings. The molecule has 3 rings (SSSR count). The molecule has 2 aromatic carbocycles. The van der Waals surface area contributed by atoms with E-state index in [0.29, 0.717) is 29.6 Å². The smallest absolute Gasteiger partial charge is 0.408 e. The van der Waals surface area contributed by atoms with Crippen molar-refractivity contribution in [2.24, 2.45) is 0 Å². The van der Waals surface area contributed by atoms with Crippen LogP contribution in [-0.2, 0) is 16.1 Å². The summed E-state index contributed by atoms with van der Waals surface area (Å²) in [5.41, 5.74) is 2.71. The number of hydrogen-bond donors (Lipinski definition) is 1. The van der Waals surface area contributed by atoms with Crippen LogP contribution in [-0.4, -0.2) is 18.1 Å². The van der Waals surface area contributed by atoms with E-state index >= 15 is 0 Å². The molecule has 1 aromatic heterocycles. The fourth-order valence-corrected chi connectivity index (χ4v) is 3.36. The topological polar surface area (TPSA) is 94.8 Å². The number of alkyl carbamates (subject to hydrolysis) is 1. The average molecular weight is 437 g/mol. The summed E-state index contributed by atoms with van der Waals surface area (Å²) in [6, 6.07) is 11.8.